The summed E-state index contributed by atoms with van der Waals surface area (Å²) in [4.78, 5) is 1.89. The molecule has 1 N–H and O–H groups in total. The van der Waals surface area contributed by atoms with Gasteiger partial charge in [0.2, 0.25) is 0 Å². The summed E-state index contributed by atoms with van der Waals surface area (Å²) in [6, 6.07) is 5.64. The van der Waals surface area contributed by atoms with Gasteiger partial charge in [0.15, 0.2) is 11.5 Å². The Hall–Kier alpha value is -2.09. The quantitative estimate of drug-likeness (QED) is 0.934. The number of rotatable bonds is 4. The van der Waals surface area contributed by atoms with E-state index in [4.69, 9.17) is 4.42 Å². The number of furan rings is 1. The van der Waals surface area contributed by atoms with Gasteiger partial charge in [-0.3, -0.25) is 0 Å². The molecular weight excluding hydrogens is 311 g/mol. The van der Waals surface area contributed by atoms with Crippen molar-refractivity contribution in [2.45, 2.75) is 37.6 Å². The van der Waals surface area contributed by atoms with Crippen molar-refractivity contribution in [3.8, 4) is 0 Å². The number of aromatic nitrogens is 2. The molecule has 2 unspecified atom stereocenters. The second kappa shape index (κ2) is 6.19. The molecule has 8 heteroatoms. The van der Waals surface area contributed by atoms with Gasteiger partial charge in [-0.05, 0) is 37.1 Å². The van der Waals surface area contributed by atoms with Gasteiger partial charge in [0, 0.05) is 19.0 Å². The van der Waals surface area contributed by atoms with Gasteiger partial charge in [-0.1, -0.05) is 0 Å². The van der Waals surface area contributed by atoms with E-state index in [0.717, 1.165) is 18.9 Å². The Morgan fingerprint density at radius 1 is 1.30 bits per heavy atom. The normalized spacial score (nSPS) is 20.0. The number of nitrogens with zero attached hydrogens (tertiary/aromatic N) is 3. The number of hydrogen-bond acceptors (Lipinski definition) is 5. The van der Waals surface area contributed by atoms with Gasteiger partial charge in [-0.2, -0.15) is 13.2 Å². The fraction of sp³-hybridized carbons (Fsp3) is 0.467. The molecule has 0 saturated carbocycles. The van der Waals surface area contributed by atoms with E-state index < -0.39 is 18.0 Å². The number of alkyl halides is 3. The van der Waals surface area contributed by atoms with Gasteiger partial charge in [0.25, 0.3) is 0 Å². The smallest absolute Gasteiger partial charge is 0.435 e. The molecule has 0 radical (unpaired) electrons. The van der Waals surface area contributed by atoms with Crippen molar-refractivity contribution in [3.05, 3.63) is 42.0 Å². The van der Waals surface area contributed by atoms with E-state index in [0.29, 0.717) is 24.5 Å². The third kappa shape index (κ3) is 3.47. The number of anilines is 1. The first-order chi connectivity index (χ1) is 10.9. The van der Waals surface area contributed by atoms with Crippen molar-refractivity contribution in [2.24, 2.45) is 0 Å². The predicted molar refractivity (Wildman–Crippen MR) is 75.7 cm³/mol. The number of hydrogen-bond donors (Lipinski definition) is 1. The summed E-state index contributed by atoms with van der Waals surface area (Å²) in [5.41, 5.74) is -1.01. The van der Waals surface area contributed by atoms with Crippen LogP contribution in [0.25, 0.3) is 0 Å². The van der Waals surface area contributed by atoms with Crippen molar-refractivity contribution in [1.29, 1.82) is 0 Å². The minimum absolute atomic E-state index is 0.0128. The Morgan fingerprint density at radius 3 is 2.74 bits per heavy atom. The molecule has 1 saturated heterocycles. The van der Waals surface area contributed by atoms with Crippen LogP contribution in [-0.2, 0) is 6.18 Å². The first-order valence-corrected chi connectivity index (χ1v) is 7.34. The summed E-state index contributed by atoms with van der Waals surface area (Å²) in [7, 11) is 0. The number of aliphatic hydroxyl groups is 1. The highest BCUT2D eigenvalue weighted by Gasteiger charge is 2.34. The Morgan fingerprint density at radius 2 is 2.13 bits per heavy atom. The molecule has 124 valence electrons. The lowest BCUT2D eigenvalue weighted by Gasteiger charge is -2.26. The molecule has 3 rings (SSSR count). The summed E-state index contributed by atoms with van der Waals surface area (Å²) in [6.45, 7) is 0.676. The average Bonchev–Trinajstić information content (AvgIpc) is 3.18. The monoisotopic (exact) mass is 327 g/mol. The van der Waals surface area contributed by atoms with Gasteiger partial charge in [-0.25, -0.2) is 0 Å². The Labute approximate surface area is 130 Å². The second-order valence-electron chi connectivity index (χ2n) is 5.53. The predicted octanol–water partition coefficient (Wildman–Crippen LogP) is 3.18. The average molecular weight is 327 g/mol. The van der Waals surface area contributed by atoms with E-state index in [-0.39, 0.29) is 6.04 Å². The fourth-order valence-corrected chi connectivity index (χ4v) is 2.87. The molecule has 0 bridgehead atoms. The highest BCUT2D eigenvalue weighted by molar-refractivity contribution is 5.40. The maximum absolute atomic E-state index is 12.5. The van der Waals surface area contributed by atoms with Crippen LogP contribution in [0.15, 0.2) is 34.9 Å². The molecule has 0 aromatic carbocycles. The van der Waals surface area contributed by atoms with Crippen molar-refractivity contribution in [2.75, 3.05) is 11.4 Å². The van der Waals surface area contributed by atoms with E-state index in [1.54, 1.807) is 12.1 Å². The molecule has 1 aliphatic heterocycles. The van der Waals surface area contributed by atoms with Crippen LogP contribution < -0.4 is 4.90 Å². The fourth-order valence-electron chi connectivity index (χ4n) is 2.87. The Balaban J connectivity index is 1.71. The number of halogens is 3. The highest BCUT2D eigenvalue weighted by atomic mass is 19.4. The highest BCUT2D eigenvalue weighted by Crippen LogP contribution is 2.32. The summed E-state index contributed by atoms with van der Waals surface area (Å²) >= 11 is 0. The lowest BCUT2D eigenvalue weighted by Crippen LogP contribution is -2.31. The molecule has 1 aliphatic rings. The van der Waals surface area contributed by atoms with Crippen LogP contribution in [0.5, 0.6) is 0 Å². The lowest BCUT2D eigenvalue weighted by molar-refractivity contribution is -0.141. The van der Waals surface area contributed by atoms with Gasteiger partial charge in [0.05, 0.1) is 6.26 Å². The van der Waals surface area contributed by atoms with E-state index in [1.165, 1.54) is 12.3 Å². The standard InChI is InChI=1S/C15H16F3N3O2/c16-15(17,18)13-5-6-14(20-19-13)21-7-1-3-10(21)9-11(22)12-4-2-8-23-12/h2,4-6,8,10-11,22H,1,3,7,9H2. The molecule has 2 aromatic heterocycles. The molecule has 1 fully saturated rings. The van der Waals surface area contributed by atoms with E-state index >= 15 is 0 Å². The van der Waals surface area contributed by atoms with E-state index in [2.05, 4.69) is 10.2 Å². The summed E-state index contributed by atoms with van der Waals surface area (Å²) in [6.07, 6.45) is -1.61. The third-order valence-electron chi connectivity index (χ3n) is 3.98. The summed E-state index contributed by atoms with van der Waals surface area (Å²) in [5, 5.41) is 17.1. The third-order valence-corrected chi connectivity index (χ3v) is 3.98. The first-order valence-electron chi connectivity index (χ1n) is 7.34. The molecule has 0 spiro atoms. The minimum atomic E-state index is -4.49. The molecule has 0 amide bonds. The largest absolute Gasteiger partial charge is 0.467 e. The van der Waals surface area contributed by atoms with Gasteiger partial charge in [0.1, 0.15) is 11.9 Å². The van der Waals surface area contributed by atoms with Crippen LogP contribution in [-0.4, -0.2) is 27.9 Å². The zero-order chi connectivity index (χ0) is 16.4. The minimum Gasteiger partial charge on any atom is -0.467 e. The first kappa shape index (κ1) is 15.8. The maximum atomic E-state index is 12.5. The van der Waals surface area contributed by atoms with Crippen molar-refractivity contribution < 1.29 is 22.7 Å². The topological polar surface area (TPSA) is 62.4 Å². The van der Waals surface area contributed by atoms with Crippen molar-refractivity contribution >= 4 is 5.82 Å². The molecule has 23 heavy (non-hydrogen) atoms. The van der Waals surface area contributed by atoms with E-state index in [1.807, 2.05) is 4.90 Å². The summed E-state index contributed by atoms with van der Waals surface area (Å²) < 4.78 is 42.8. The Kier molecular flexibility index (Phi) is 4.25. The second-order valence-corrected chi connectivity index (χ2v) is 5.53. The Bertz CT molecular complexity index is 628. The maximum Gasteiger partial charge on any atom is 0.435 e. The van der Waals surface area contributed by atoms with Crippen LogP contribution in [0.2, 0.25) is 0 Å². The molecule has 5 nitrogen and oxygen atoms in total. The zero-order valence-corrected chi connectivity index (χ0v) is 12.2. The molecule has 2 atom stereocenters. The van der Waals surface area contributed by atoms with E-state index in [9.17, 15) is 18.3 Å². The van der Waals surface area contributed by atoms with Crippen LogP contribution in [0.3, 0.4) is 0 Å². The lowest BCUT2D eigenvalue weighted by atomic mass is 10.1. The molecular formula is C15H16F3N3O2. The van der Waals surface area contributed by atoms with Crippen molar-refractivity contribution in [1.82, 2.24) is 10.2 Å². The molecule has 0 aliphatic carbocycles. The van der Waals surface area contributed by atoms with Crippen LogP contribution >= 0.6 is 0 Å². The number of aliphatic hydroxyl groups excluding tert-OH is 1. The molecule has 2 aromatic rings. The van der Waals surface area contributed by atoms with Crippen LogP contribution in [0, 0.1) is 0 Å². The van der Waals surface area contributed by atoms with Gasteiger partial charge in [-0.15, -0.1) is 10.2 Å². The SMILES string of the molecule is OC(CC1CCCN1c1ccc(C(F)(F)F)nn1)c1ccco1. The van der Waals surface area contributed by atoms with Crippen LogP contribution in [0.4, 0.5) is 19.0 Å². The van der Waals surface area contributed by atoms with Gasteiger partial charge >= 0.3 is 6.18 Å². The molecule has 3 heterocycles. The summed E-state index contributed by atoms with van der Waals surface area (Å²) in [5.74, 6) is 0.877. The van der Waals surface area contributed by atoms with Gasteiger partial charge < -0.3 is 14.4 Å². The van der Waals surface area contributed by atoms with Crippen molar-refractivity contribution in [3.63, 3.8) is 0 Å². The zero-order valence-electron chi connectivity index (χ0n) is 12.2. The van der Waals surface area contributed by atoms with Crippen LogP contribution in [0.1, 0.15) is 36.8 Å².